The molecule has 1 aliphatic rings. The fourth-order valence-electron chi connectivity index (χ4n) is 3.82. The smallest absolute Gasteiger partial charge is 0.189 e. The Hall–Kier alpha value is -3.99. The van der Waals surface area contributed by atoms with E-state index in [9.17, 15) is 4.79 Å². The maximum atomic E-state index is 13.1. The zero-order valence-electron chi connectivity index (χ0n) is 19.9. The number of anilines is 1. The molecule has 3 aromatic rings. The van der Waals surface area contributed by atoms with Crippen LogP contribution in [0, 0.1) is 0 Å². The van der Waals surface area contributed by atoms with Crippen molar-refractivity contribution in [2.45, 2.75) is 26.0 Å². The summed E-state index contributed by atoms with van der Waals surface area (Å²) in [6, 6.07) is 19.5. The fraction of sp³-hybridized carbons (Fsp3) is 0.207. The largest absolute Gasteiger partial charge is 0.496 e. The van der Waals surface area contributed by atoms with Gasteiger partial charge in [0.25, 0.3) is 0 Å². The Balaban J connectivity index is 1.57. The van der Waals surface area contributed by atoms with Crippen LogP contribution >= 0.6 is 0 Å². The van der Waals surface area contributed by atoms with Crippen LogP contribution in [0.5, 0.6) is 17.2 Å². The summed E-state index contributed by atoms with van der Waals surface area (Å²) in [6.45, 7) is 4.58. The summed E-state index contributed by atoms with van der Waals surface area (Å²) in [7, 11) is 3.25. The van der Waals surface area contributed by atoms with Gasteiger partial charge in [-0.15, -0.1) is 0 Å². The molecule has 1 heterocycles. The fourth-order valence-corrected chi connectivity index (χ4v) is 3.82. The minimum atomic E-state index is -0.507. The Kier molecular flexibility index (Phi) is 6.73. The second-order valence-corrected chi connectivity index (χ2v) is 8.59. The van der Waals surface area contributed by atoms with Crippen molar-refractivity contribution in [1.29, 1.82) is 0 Å². The third kappa shape index (κ3) is 5.15. The number of rotatable bonds is 8. The Morgan fingerprint density at radius 1 is 1.00 bits per heavy atom. The molecule has 174 valence electrons. The van der Waals surface area contributed by atoms with Gasteiger partial charge in [0, 0.05) is 6.54 Å². The predicted octanol–water partition coefficient (Wildman–Crippen LogP) is 6.40. The molecule has 3 aromatic carbocycles. The number of fused-ring (bicyclic) bond motifs is 1. The molecule has 0 spiro atoms. The van der Waals surface area contributed by atoms with Crippen LogP contribution in [0.4, 0.5) is 5.69 Å². The number of carbonyl (C=O) groups is 1. The molecule has 4 rings (SSSR count). The average molecular weight is 456 g/mol. The molecule has 0 atom stereocenters. The number of ether oxygens (including phenoxy) is 3. The van der Waals surface area contributed by atoms with Crippen LogP contribution in [0.2, 0.25) is 0 Å². The Morgan fingerprint density at radius 2 is 1.74 bits per heavy atom. The summed E-state index contributed by atoms with van der Waals surface area (Å²) in [5, 5.41) is 3.42. The summed E-state index contributed by atoms with van der Waals surface area (Å²) < 4.78 is 17.1. The van der Waals surface area contributed by atoms with E-state index in [1.807, 2.05) is 62.4 Å². The van der Waals surface area contributed by atoms with E-state index < -0.39 is 5.60 Å². The Morgan fingerprint density at radius 3 is 2.47 bits per heavy atom. The van der Waals surface area contributed by atoms with E-state index in [0.29, 0.717) is 23.6 Å². The zero-order valence-corrected chi connectivity index (χ0v) is 19.9. The third-order valence-corrected chi connectivity index (χ3v) is 5.63. The Bertz CT molecular complexity index is 1240. The molecule has 0 saturated carbocycles. The number of benzene rings is 3. The van der Waals surface area contributed by atoms with Gasteiger partial charge in [-0.2, -0.15) is 0 Å². The predicted molar refractivity (Wildman–Crippen MR) is 137 cm³/mol. The number of nitrogens with one attached hydrogen (secondary N) is 1. The molecule has 0 aromatic heterocycles. The molecule has 0 radical (unpaired) electrons. The van der Waals surface area contributed by atoms with E-state index in [-0.39, 0.29) is 5.78 Å². The molecule has 0 fully saturated rings. The van der Waals surface area contributed by atoms with Crippen molar-refractivity contribution in [2.75, 3.05) is 19.5 Å². The van der Waals surface area contributed by atoms with Gasteiger partial charge in [0.15, 0.2) is 5.78 Å². The molecule has 34 heavy (non-hydrogen) atoms. The van der Waals surface area contributed by atoms with E-state index in [4.69, 9.17) is 14.2 Å². The number of hydrogen-bond acceptors (Lipinski definition) is 5. The molecule has 0 bridgehead atoms. The molecule has 5 heteroatoms. The van der Waals surface area contributed by atoms with Crippen molar-refractivity contribution >= 4 is 23.6 Å². The summed E-state index contributed by atoms with van der Waals surface area (Å²) in [5.41, 5.74) is 3.68. The average Bonchev–Trinajstić information content (AvgIpc) is 2.85. The number of methoxy groups -OCH3 is 2. The minimum absolute atomic E-state index is 0.139. The van der Waals surface area contributed by atoms with Crippen molar-refractivity contribution in [3.8, 4) is 17.2 Å². The highest BCUT2D eigenvalue weighted by Gasteiger charge is 2.27. The van der Waals surface area contributed by atoms with Gasteiger partial charge in [-0.3, -0.25) is 4.79 Å². The second kappa shape index (κ2) is 9.87. The number of hydrogen-bond donors (Lipinski definition) is 1. The lowest BCUT2D eigenvalue weighted by atomic mass is 9.97. The minimum Gasteiger partial charge on any atom is -0.496 e. The molecule has 1 N–H and O–H groups in total. The van der Waals surface area contributed by atoms with Crippen molar-refractivity contribution < 1.29 is 19.0 Å². The highest BCUT2D eigenvalue weighted by Crippen LogP contribution is 2.40. The summed E-state index contributed by atoms with van der Waals surface area (Å²) in [5.74, 6) is 1.82. The first kappa shape index (κ1) is 23.2. The third-order valence-electron chi connectivity index (χ3n) is 5.63. The quantitative estimate of drug-likeness (QED) is 0.315. The summed E-state index contributed by atoms with van der Waals surface area (Å²) in [6.07, 6.45) is 7.28. The molecule has 0 unspecified atom stereocenters. The molecular weight excluding hydrogens is 426 g/mol. The van der Waals surface area contributed by atoms with Gasteiger partial charge >= 0.3 is 0 Å². The number of ketones is 1. The Labute approximate surface area is 200 Å². The van der Waals surface area contributed by atoms with Crippen LogP contribution in [-0.2, 0) is 6.54 Å². The first-order valence-electron chi connectivity index (χ1n) is 11.2. The highest BCUT2D eigenvalue weighted by atomic mass is 16.5. The van der Waals surface area contributed by atoms with E-state index in [2.05, 4.69) is 17.4 Å². The van der Waals surface area contributed by atoms with Crippen LogP contribution in [0.3, 0.4) is 0 Å². The van der Waals surface area contributed by atoms with Crippen molar-refractivity contribution in [1.82, 2.24) is 0 Å². The van der Waals surface area contributed by atoms with Crippen LogP contribution in [0.25, 0.3) is 12.2 Å². The first-order chi connectivity index (χ1) is 16.4. The van der Waals surface area contributed by atoms with Crippen molar-refractivity contribution in [3.05, 3.63) is 95.1 Å². The molecule has 0 amide bonds. The normalized spacial score (nSPS) is 13.8. The van der Waals surface area contributed by atoms with Crippen LogP contribution < -0.4 is 19.5 Å². The molecule has 0 aliphatic carbocycles. The molecule has 0 saturated heterocycles. The van der Waals surface area contributed by atoms with E-state index in [0.717, 1.165) is 22.6 Å². The number of carbonyl (C=O) groups excluding carboxylic acids is 1. The van der Waals surface area contributed by atoms with Crippen LogP contribution in [0.1, 0.15) is 40.9 Å². The number of allylic oxidation sites excluding steroid dienone is 1. The van der Waals surface area contributed by atoms with Gasteiger partial charge < -0.3 is 19.5 Å². The van der Waals surface area contributed by atoms with Gasteiger partial charge in [-0.1, -0.05) is 42.5 Å². The molecule has 1 aliphatic heterocycles. The van der Waals surface area contributed by atoms with E-state index in [1.54, 1.807) is 38.5 Å². The van der Waals surface area contributed by atoms with Gasteiger partial charge in [-0.05, 0) is 67.5 Å². The van der Waals surface area contributed by atoms with Gasteiger partial charge in [-0.25, -0.2) is 0 Å². The summed E-state index contributed by atoms with van der Waals surface area (Å²) >= 11 is 0. The first-order valence-corrected chi connectivity index (χ1v) is 11.2. The standard InChI is InChI=1S/C29H29NO4/c1-29(2)17-16-23-26(32-3)15-12-22(28(23)34-29)25(31)13-10-20-11-14-27(33-4)24(18-20)30-19-21-8-6-5-7-9-21/h5-18,30H,19H2,1-4H3/b13-10+. The lowest BCUT2D eigenvalue weighted by Crippen LogP contribution is -2.28. The van der Waals surface area contributed by atoms with Crippen LogP contribution in [0.15, 0.2) is 72.8 Å². The topological polar surface area (TPSA) is 56.8 Å². The monoisotopic (exact) mass is 455 g/mol. The highest BCUT2D eigenvalue weighted by molar-refractivity contribution is 6.09. The SMILES string of the molecule is COc1ccc(/C=C/C(=O)c2ccc(OC)c3c2OC(C)(C)C=C3)cc1NCc1ccccc1. The maximum Gasteiger partial charge on any atom is 0.189 e. The molecule has 5 nitrogen and oxygen atoms in total. The lowest BCUT2D eigenvalue weighted by Gasteiger charge is -2.29. The molecular formula is C29H29NO4. The van der Waals surface area contributed by atoms with Crippen molar-refractivity contribution in [3.63, 3.8) is 0 Å². The van der Waals surface area contributed by atoms with Gasteiger partial charge in [0.05, 0.1) is 31.0 Å². The summed E-state index contributed by atoms with van der Waals surface area (Å²) in [4.78, 5) is 13.1. The zero-order chi connectivity index (χ0) is 24.1. The maximum absolute atomic E-state index is 13.1. The van der Waals surface area contributed by atoms with Gasteiger partial charge in [0.1, 0.15) is 22.8 Å². The van der Waals surface area contributed by atoms with Crippen molar-refractivity contribution in [2.24, 2.45) is 0 Å². The lowest BCUT2D eigenvalue weighted by molar-refractivity contribution is 0.103. The van der Waals surface area contributed by atoms with E-state index >= 15 is 0 Å². The van der Waals surface area contributed by atoms with Crippen LogP contribution in [-0.4, -0.2) is 25.6 Å². The second-order valence-electron chi connectivity index (χ2n) is 8.59. The van der Waals surface area contributed by atoms with E-state index in [1.165, 1.54) is 5.56 Å². The van der Waals surface area contributed by atoms with Gasteiger partial charge in [0.2, 0.25) is 0 Å².